The molecule has 0 aliphatic rings. The quantitative estimate of drug-likeness (QED) is 0.771. The second-order valence-electron chi connectivity index (χ2n) is 5.87. The van der Waals surface area contributed by atoms with Crippen LogP contribution in [0.3, 0.4) is 0 Å². The zero-order valence-corrected chi connectivity index (χ0v) is 13.5. The van der Waals surface area contributed by atoms with Gasteiger partial charge in [-0.1, -0.05) is 20.8 Å². The van der Waals surface area contributed by atoms with Gasteiger partial charge >= 0.3 is 0 Å². The zero-order chi connectivity index (χ0) is 15.2. The summed E-state index contributed by atoms with van der Waals surface area (Å²) in [5, 5.41) is 5.54. The van der Waals surface area contributed by atoms with Crippen molar-refractivity contribution in [2.24, 2.45) is 11.1 Å². The first kappa shape index (κ1) is 19.4. The normalized spacial score (nSPS) is 10.5. The average molecular weight is 314 g/mol. The van der Waals surface area contributed by atoms with E-state index in [4.69, 9.17) is 5.73 Å². The van der Waals surface area contributed by atoms with Gasteiger partial charge in [-0.15, -0.1) is 12.4 Å². The van der Waals surface area contributed by atoms with Crippen LogP contribution in [0.15, 0.2) is 24.3 Å². The Hall–Kier alpha value is -1.59. The van der Waals surface area contributed by atoms with Crippen LogP contribution in [0.1, 0.15) is 41.5 Å². The molecular formula is C15H24ClN3O2. The van der Waals surface area contributed by atoms with Gasteiger partial charge in [0.25, 0.3) is 11.8 Å². The van der Waals surface area contributed by atoms with E-state index in [2.05, 4.69) is 31.4 Å². The van der Waals surface area contributed by atoms with Crippen LogP contribution in [0, 0.1) is 5.41 Å². The maximum atomic E-state index is 11.9. The molecule has 0 atom stereocenters. The molecule has 0 unspecified atom stereocenters. The van der Waals surface area contributed by atoms with Crippen LogP contribution in [-0.2, 0) is 0 Å². The van der Waals surface area contributed by atoms with Crippen molar-refractivity contribution in [2.75, 3.05) is 19.6 Å². The van der Waals surface area contributed by atoms with Crippen LogP contribution in [0.4, 0.5) is 0 Å². The van der Waals surface area contributed by atoms with Crippen molar-refractivity contribution in [3.8, 4) is 0 Å². The van der Waals surface area contributed by atoms with Gasteiger partial charge in [-0.25, -0.2) is 0 Å². The van der Waals surface area contributed by atoms with Crippen LogP contribution in [-0.4, -0.2) is 31.4 Å². The lowest BCUT2D eigenvalue weighted by atomic mass is 9.97. The maximum Gasteiger partial charge on any atom is 0.251 e. The average Bonchev–Trinajstić information content (AvgIpc) is 2.41. The van der Waals surface area contributed by atoms with E-state index in [1.807, 2.05) is 0 Å². The maximum absolute atomic E-state index is 11.9. The fourth-order valence-electron chi connectivity index (χ4n) is 1.51. The summed E-state index contributed by atoms with van der Waals surface area (Å²) in [6.45, 7) is 7.60. The number of nitrogens with one attached hydrogen (secondary N) is 2. The first-order chi connectivity index (χ1) is 9.33. The van der Waals surface area contributed by atoms with E-state index in [1.54, 1.807) is 24.3 Å². The number of benzene rings is 1. The lowest BCUT2D eigenvalue weighted by Gasteiger charge is -2.18. The third-order valence-electron chi connectivity index (χ3n) is 2.62. The van der Waals surface area contributed by atoms with Gasteiger partial charge in [-0.3, -0.25) is 9.59 Å². The Labute approximate surface area is 132 Å². The molecule has 1 rings (SSSR count). The molecule has 0 bridgehead atoms. The summed E-state index contributed by atoms with van der Waals surface area (Å²) in [7, 11) is 0. The minimum atomic E-state index is -0.183. The first-order valence-corrected chi connectivity index (χ1v) is 6.70. The third-order valence-corrected chi connectivity index (χ3v) is 2.62. The molecule has 2 amide bonds. The standard InChI is InChI=1S/C15H23N3O2.ClH/c1-15(2,3)10-18-14(20)12-6-4-11(5-7-12)13(19)17-9-8-16;/h4-7H,8-10,16H2,1-3H3,(H,17,19)(H,18,20);1H. The number of hydrogen-bond acceptors (Lipinski definition) is 3. The number of nitrogens with two attached hydrogens (primary N) is 1. The Morgan fingerprint density at radius 3 is 1.81 bits per heavy atom. The summed E-state index contributed by atoms with van der Waals surface area (Å²) in [5.74, 6) is -0.314. The molecule has 4 N–H and O–H groups in total. The summed E-state index contributed by atoms with van der Waals surface area (Å²) in [5.41, 5.74) is 6.42. The summed E-state index contributed by atoms with van der Waals surface area (Å²) in [4.78, 5) is 23.6. The van der Waals surface area contributed by atoms with Crippen molar-refractivity contribution < 1.29 is 9.59 Å². The van der Waals surface area contributed by atoms with Gasteiger partial charge < -0.3 is 16.4 Å². The Kier molecular flexibility index (Phi) is 7.99. The summed E-state index contributed by atoms with van der Waals surface area (Å²) >= 11 is 0. The fourth-order valence-corrected chi connectivity index (χ4v) is 1.51. The van der Waals surface area contributed by atoms with Gasteiger partial charge in [0.1, 0.15) is 0 Å². The van der Waals surface area contributed by atoms with E-state index in [0.717, 1.165) is 0 Å². The molecule has 0 spiro atoms. The molecule has 0 aromatic heterocycles. The van der Waals surface area contributed by atoms with Crippen LogP contribution in [0.25, 0.3) is 0 Å². The third kappa shape index (κ3) is 7.11. The minimum absolute atomic E-state index is 0. The summed E-state index contributed by atoms with van der Waals surface area (Å²) < 4.78 is 0. The molecule has 5 nitrogen and oxygen atoms in total. The molecule has 0 heterocycles. The highest BCUT2D eigenvalue weighted by atomic mass is 35.5. The van der Waals surface area contributed by atoms with E-state index >= 15 is 0 Å². The number of carbonyl (C=O) groups is 2. The molecule has 0 aliphatic heterocycles. The van der Waals surface area contributed by atoms with Crippen molar-refractivity contribution in [1.29, 1.82) is 0 Å². The first-order valence-electron chi connectivity index (χ1n) is 6.70. The Balaban J connectivity index is 0.00000400. The van der Waals surface area contributed by atoms with Crippen molar-refractivity contribution in [3.05, 3.63) is 35.4 Å². The van der Waals surface area contributed by atoms with Crippen LogP contribution < -0.4 is 16.4 Å². The molecule has 0 radical (unpaired) electrons. The van der Waals surface area contributed by atoms with Crippen molar-refractivity contribution in [2.45, 2.75) is 20.8 Å². The van der Waals surface area contributed by atoms with Crippen molar-refractivity contribution >= 4 is 24.2 Å². The van der Waals surface area contributed by atoms with Gasteiger partial charge in [0.05, 0.1) is 0 Å². The van der Waals surface area contributed by atoms with Gasteiger partial charge in [-0.2, -0.15) is 0 Å². The predicted octanol–water partition coefficient (Wildman–Crippen LogP) is 1.57. The number of amides is 2. The molecule has 118 valence electrons. The molecule has 21 heavy (non-hydrogen) atoms. The molecule has 6 heteroatoms. The van der Waals surface area contributed by atoms with Gasteiger partial charge in [0.2, 0.25) is 0 Å². The lowest BCUT2D eigenvalue weighted by Crippen LogP contribution is -2.32. The molecule has 0 aliphatic carbocycles. The Morgan fingerprint density at radius 2 is 1.43 bits per heavy atom. The molecule has 0 saturated heterocycles. The highest BCUT2D eigenvalue weighted by Gasteiger charge is 2.13. The van der Waals surface area contributed by atoms with Crippen LogP contribution >= 0.6 is 12.4 Å². The summed E-state index contributed by atoms with van der Waals surface area (Å²) in [6.07, 6.45) is 0. The van der Waals surface area contributed by atoms with E-state index < -0.39 is 0 Å². The van der Waals surface area contributed by atoms with E-state index in [-0.39, 0.29) is 29.6 Å². The number of carbonyl (C=O) groups excluding carboxylic acids is 2. The number of halogens is 1. The van der Waals surface area contributed by atoms with E-state index in [0.29, 0.717) is 30.8 Å². The number of hydrogen-bond donors (Lipinski definition) is 3. The lowest BCUT2D eigenvalue weighted by molar-refractivity contribution is 0.0933. The van der Waals surface area contributed by atoms with Crippen molar-refractivity contribution in [1.82, 2.24) is 10.6 Å². The van der Waals surface area contributed by atoms with Gasteiger partial charge in [0.15, 0.2) is 0 Å². The summed E-state index contributed by atoms with van der Waals surface area (Å²) in [6, 6.07) is 6.57. The predicted molar refractivity (Wildman–Crippen MR) is 86.9 cm³/mol. The van der Waals surface area contributed by atoms with Gasteiger partial charge in [0, 0.05) is 30.8 Å². The second kappa shape index (κ2) is 8.64. The molecule has 0 fully saturated rings. The van der Waals surface area contributed by atoms with Crippen molar-refractivity contribution in [3.63, 3.8) is 0 Å². The Bertz CT molecular complexity index is 467. The van der Waals surface area contributed by atoms with E-state index in [9.17, 15) is 9.59 Å². The van der Waals surface area contributed by atoms with Crippen LogP contribution in [0.2, 0.25) is 0 Å². The minimum Gasteiger partial charge on any atom is -0.352 e. The second-order valence-corrected chi connectivity index (χ2v) is 5.87. The topological polar surface area (TPSA) is 84.2 Å². The molecule has 1 aromatic rings. The fraction of sp³-hybridized carbons (Fsp3) is 0.467. The SMILES string of the molecule is CC(C)(C)CNC(=O)c1ccc(C(=O)NCCN)cc1.Cl. The highest BCUT2D eigenvalue weighted by molar-refractivity contribution is 5.97. The molecule has 1 aromatic carbocycles. The van der Waals surface area contributed by atoms with E-state index in [1.165, 1.54) is 0 Å². The van der Waals surface area contributed by atoms with Gasteiger partial charge in [-0.05, 0) is 29.7 Å². The number of rotatable bonds is 5. The largest absolute Gasteiger partial charge is 0.352 e. The molecular weight excluding hydrogens is 290 g/mol. The van der Waals surface area contributed by atoms with Crippen LogP contribution in [0.5, 0.6) is 0 Å². The monoisotopic (exact) mass is 313 g/mol. The zero-order valence-electron chi connectivity index (χ0n) is 12.7. The molecule has 0 saturated carbocycles. The Morgan fingerprint density at radius 1 is 1.00 bits per heavy atom. The smallest absolute Gasteiger partial charge is 0.251 e. The highest BCUT2D eigenvalue weighted by Crippen LogP contribution is 2.11.